The van der Waals surface area contributed by atoms with Crippen LogP contribution >= 0.6 is 0 Å². The number of carbonyl (C=O) groups is 2. The van der Waals surface area contributed by atoms with Gasteiger partial charge in [-0.3, -0.25) is 9.59 Å². The summed E-state index contributed by atoms with van der Waals surface area (Å²) in [5, 5.41) is 9.33. The molecule has 1 amide bonds. The highest BCUT2D eigenvalue weighted by Gasteiger charge is 2.49. The molecule has 2 unspecified atom stereocenters. The molecule has 20 heavy (non-hydrogen) atoms. The average molecular weight is 277 g/mol. The average Bonchev–Trinajstić information content (AvgIpc) is 3.16. The van der Waals surface area contributed by atoms with Crippen LogP contribution in [0.2, 0.25) is 0 Å². The lowest BCUT2D eigenvalue weighted by molar-refractivity contribution is -0.142. The van der Waals surface area contributed by atoms with Crippen molar-refractivity contribution in [1.29, 1.82) is 0 Å². The van der Waals surface area contributed by atoms with Gasteiger partial charge in [-0.15, -0.1) is 0 Å². The highest BCUT2D eigenvalue weighted by atomic mass is 19.1. The van der Waals surface area contributed by atoms with Gasteiger partial charge in [-0.25, -0.2) is 4.39 Å². The zero-order valence-electron chi connectivity index (χ0n) is 11.2. The summed E-state index contributed by atoms with van der Waals surface area (Å²) in [6.07, 6.45) is 1.82. The van der Waals surface area contributed by atoms with Gasteiger partial charge in [0.25, 0.3) is 0 Å². The molecule has 5 heteroatoms. The molecular weight excluding hydrogens is 261 g/mol. The number of aliphatic carboxylic acids is 1. The summed E-state index contributed by atoms with van der Waals surface area (Å²) >= 11 is 0. The number of likely N-dealkylation sites (tertiary alicyclic amines) is 1. The number of nitrogens with zero attached hydrogens (tertiary/aromatic N) is 1. The first-order valence-electron chi connectivity index (χ1n) is 6.79. The van der Waals surface area contributed by atoms with Crippen molar-refractivity contribution in [2.45, 2.75) is 38.3 Å². The van der Waals surface area contributed by atoms with Gasteiger partial charge in [0, 0.05) is 12.5 Å². The van der Waals surface area contributed by atoms with Gasteiger partial charge in [0.05, 0.1) is 12.0 Å². The molecule has 2 aliphatic rings. The normalized spacial score (nSPS) is 26.1. The fourth-order valence-corrected chi connectivity index (χ4v) is 2.95. The standard InChI is InChI=1S/C15H16FNO3/c1-8-2-3-9(6-12(8)16)14-11(15(19)20)7-13(18)17(14)10-4-5-10/h2-3,6,10-11,14H,4-5,7H2,1H3,(H,19,20). The Bertz CT molecular complexity index is 582. The van der Waals surface area contributed by atoms with E-state index in [0.717, 1.165) is 12.8 Å². The number of carboxylic acids is 1. The molecule has 1 heterocycles. The quantitative estimate of drug-likeness (QED) is 0.922. The molecular formula is C15H16FNO3. The molecule has 2 atom stereocenters. The van der Waals surface area contributed by atoms with E-state index >= 15 is 0 Å². The topological polar surface area (TPSA) is 57.6 Å². The molecule has 4 nitrogen and oxygen atoms in total. The van der Waals surface area contributed by atoms with Gasteiger partial charge in [0.1, 0.15) is 5.82 Å². The van der Waals surface area contributed by atoms with Crippen molar-refractivity contribution in [2.24, 2.45) is 5.92 Å². The Balaban J connectivity index is 2.02. The SMILES string of the molecule is Cc1ccc(C2C(C(=O)O)CC(=O)N2C2CC2)cc1F. The Morgan fingerprint density at radius 3 is 2.65 bits per heavy atom. The van der Waals surface area contributed by atoms with E-state index in [1.165, 1.54) is 6.07 Å². The van der Waals surface area contributed by atoms with Crippen molar-refractivity contribution in [1.82, 2.24) is 4.90 Å². The molecule has 1 saturated carbocycles. The second-order valence-corrected chi connectivity index (χ2v) is 5.63. The van der Waals surface area contributed by atoms with Crippen LogP contribution in [-0.4, -0.2) is 27.9 Å². The minimum atomic E-state index is -0.993. The van der Waals surface area contributed by atoms with E-state index in [4.69, 9.17) is 0 Å². The van der Waals surface area contributed by atoms with E-state index in [2.05, 4.69) is 0 Å². The highest BCUT2D eigenvalue weighted by molar-refractivity contribution is 5.87. The Morgan fingerprint density at radius 2 is 2.10 bits per heavy atom. The van der Waals surface area contributed by atoms with Crippen LogP contribution in [0.4, 0.5) is 4.39 Å². The van der Waals surface area contributed by atoms with Crippen LogP contribution in [0.15, 0.2) is 18.2 Å². The van der Waals surface area contributed by atoms with Crippen LogP contribution in [0.25, 0.3) is 0 Å². The molecule has 0 radical (unpaired) electrons. The van der Waals surface area contributed by atoms with Crippen LogP contribution in [0.5, 0.6) is 0 Å². The summed E-state index contributed by atoms with van der Waals surface area (Å²) in [6, 6.07) is 4.32. The molecule has 1 aromatic carbocycles. The van der Waals surface area contributed by atoms with E-state index in [9.17, 15) is 19.1 Å². The maximum atomic E-state index is 13.8. The van der Waals surface area contributed by atoms with Crippen LogP contribution in [-0.2, 0) is 9.59 Å². The molecule has 0 spiro atoms. The van der Waals surface area contributed by atoms with Crippen molar-refractivity contribution in [3.8, 4) is 0 Å². The van der Waals surface area contributed by atoms with E-state index in [1.807, 2.05) is 0 Å². The minimum absolute atomic E-state index is 0.00595. The maximum absolute atomic E-state index is 13.8. The van der Waals surface area contributed by atoms with Gasteiger partial charge in [-0.05, 0) is 37.0 Å². The first kappa shape index (κ1) is 13.1. The molecule has 0 bridgehead atoms. The van der Waals surface area contributed by atoms with Crippen molar-refractivity contribution >= 4 is 11.9 Å². The smallest absolute Gasteiger partial charge is 0.309 e. The summed E-state index contributed by atoms with van der Waals surface area (Å²) in [7, 11) is 0. The lowest BCUT2D eigenvalue weighted by Crippen LogP contribution is -2.32. The molecule has 1 aliphatic carbocycles. The Kier molecular flexibility index (Phi) is 3.00. The maximum Gasteiger partial charge on any atom is 0.309 e. The zero-order valence-corrected chi connectivity index (χ0v) is 11.2. The lowest BCUT2D eigenvalue weighted by atomic mass is 9.93. The third-order valence-electron chi connectivity index (χ3n) is 4.16. The Morgan fingerprint density at radius 1 is 1.40 bits per heavy atom. The predicted octanol–water partition coefficient (Wildman–Crippen LogP) is 2.27. The van der Waals surface area contributed by atoms with E-state index in [-0.39, 0.29) is 24.2 Å². The fourth-order valence-electron chi connectivity index (χ4n) is 2.95. The number of benzene rings is 1. The largest absolute Gasteiger partial charge is 0.481 e. The van der Waals surface area contributed by atoms with Gasteiger partial charge < -0.3 is 10.0 Å². The number of aryl methyl sites for hydroxylation is 1. The molecule has 1 aromatic rings. The molecule has 3 rings (SSSR count). The van der Waals surface area contributed by atoms with Crippen molar-refractivity contribution in [3.05, 3.63) is 35.1 Å². The van der Waals surface area contributed by atoms with Crippen LogP contribution in [0, 0.1) is 18.7 Å². The number of carboxylic acid groups (broad SMARTS) is 1. The lowest BCUT2D eigenvalue weighted by Gasteiger charge is -2.27. The highest BCUT2D eigenvalue weighted by Crippen LogP contribution is 2.45. The number of carbonyl (C=O) groups excluding carboxylic acids is 1. The number of hydrogen-bond donors (Lipinski definition) is 1. The fraction of sp³-hybridized carbons (Fsp3) is 0.467. The first-order valence-corrected chi connectivity index (χ1v) is 6.79. The second kappa shape index (κ2) is 4.58. The summed E-state index contributed by atoms with van der Waals surface area (Å²) in [5.41, 5.74) is 1.10. The molecule has 1 saturated heterocycles. The first-order chi connectivity index (χ1) is 9.49. The van der Waals surface area contributed by atoms with Gasteiger partial charge >= 0.3 is 5.97 Å². The summed E-state index contributed by atoms with van der Waals surface area (Å²) in [5.74, 6) is -2.27. The second-order valence-electron chi connectivity index (χ2n) is 5.63. The van der Waals surface area contributed by atoms with Crippen LogP contribution in [0.1, 0.15) is 36.4 Å². The van der Waals surface area contributed by atoms with Gasteiger partial charge in [0.15, 0.2) is 0 Å². The summed E-state index contributed by atoms with van der Waals surface area (Å²) in [6.45, 7) is 1.66. The third kappa shape index (κ3) is 2.07. The van der Waals surface area contributed by atoms with E-state index in [1.54, 1.807) is 24.0 Å². The van der Waals surface area contributed by atoms with Crippen LogP contribution in [0.3, 0.4) is 0 Å². The van der Waals surface area contributed by atoms with Crippen molar-refractivity contribution in [2.75, 3.05) is 0 Å². The van der Waals surface area contributed by atoms with Crippen LogP contribution < -0.4 is 0 Å². The summed E-state index contributed by atoms with van der Waals surface area (Å²) < 4.78 is 13.8. The third-order valence-corrected chi connectivity index (χ3v) is 4.16. The van der Waals surface area contributed by atoms with Gasteiger partial charge in [0.2, 0.25) is 5.91 Å². The summed E-state index contributed by atoms with van der Waals surface area (Å²) in [4.78, 5) is 25.1. The number of rotatable bonds is 3. The molecule has 1 aliphatic heterocycles. The number of amides is 1. The molecule has 106 valence electrons. The zero-order chi connectivity index (χ0) is 14.4. The van der Waals surface area contributed by atoms with E-state index < -0.39 is 17.9 Å². The predicted molar refractivity (Wildman–Crippen MR) is 69.5 cm³/mol. The van der Waals surface area contributed by atoms with Crippen molar-refractivity contribution < 1.29 is 19.1 Å². The Labute approximate surface area is 116 Å². The molecule has 0 aromatic heterocycles. The van der Waals surface area contributed by atoms with Gasteiger partial charge in [-0.2, -0.15) is 0 Å². The number of hydrogen-bond acceptors (Lipinski definition) is 2. The monoisotopic (exact) mass is 277 g/mol. The van der Waals surface area contributed by atoms with Crippen molar-refractivity contribution in [3.63, 3.8) is 0 Å². The van der Waals surface area contributed by atoms with E-state index in [0.29, 0.717) is 11.1 Å². The molecule has 1 N–H and O–H groups in total. The molecule has 2 fully saturated rings. The number of halogens is 1. The minimum Gasteiger partial charge on any atom is -0.481 e. The Hall–Kier alpha value is -1.91. The van der Waals surface area contributed by atoms with Gasteiger partial charge in [-0.1, -0.05) is 12.1 Å².